The number of hydrogen-bond acceptors (Lipinski definition) is 4. The van der Waals surface area contributed by atoms with Gasteiger partial charge in [-0.25, -0.2) is 0 Å². The first kappa shape index (κ1) is 21.7. The summed E-state index contributed by atoms with van der Waals surface area (Å²) in [4.78, 5) is 28.0. The molecule has 0 fully saturated rings. The molecule has 6 nitrogen and oxygen atoms in total. The molecule has 1 heterocycles. The number of ether oxygens (including phenoxy) is 1. The summed E-state index contributed by atoms with van der Waals surface area (Å²) in [5.41, 5.74) is 4.97. The number of nitriles is 1. The molecule has 3 aromatic carbocycles. The Labute approximate surface area is 198 Å². The minimum Gasteiger partial charge on any atom is -0.481 e. The maximum absolute atomic E-state index is 13.3. The van der Waals surface area contributed by atoms with Crippen molar-refractivity contribution < 1.29 is 14.3 Å². The summed E-state index contributed by atoms with van der Waals surface area (Å²) in [6.45, 7) is 2.21. The highest BCUT2D eigenvalue weighted by Crippen LogP contribution is 2.38. The lowest BCUT2D eigenvalue weighted by molar-refractivity contribution is -0.140. The molecule has 170 valence electrons. The molecule has 3 aromatic rings. The average molecular weight is 452 g/mol. The van der Waals surface area contributed by atoms with Crippen LogP contribution in [0.4, 0.5) is 5.69 Å². The Morgan fingerprint density at radius 3 is 2.68 bits per heavy atom. The first-order valence-electron chi connectivity index (χ1n) is 11.5. The number of nitrogens with zero attached hydrogens (tertiary/aromatic N) is 2. The van der Waals surface area contributed by atoms with Crippen LogP contribution in [0, 0.1) is 11.3 Å². The lowest BCUT2D eigenvalue weighted by atomic mass is 9.86. The molecular weight excluding hydrogens is 426 g/mol. The summed E-state index contributed by atoms with van der Waals surface area (Å²) in [6, 6.07) is 22.4. The second-order valence-corrected chi connectivity index (χ2v) is 8.80. The van der Waals surface area contributed by atoms with E-state index in [1.807, 2.05) is 29.2 Å². The maximum atomic E-state index is 13.3. The Kier molecular flexibility index (Phi) is 5.77. The van der Waals surface area contributed by atoms with Crippen molar-refractivity contribution in [2.45, 2.75) is 44.9 Å². The summed E-state index contributed by atoms with van der Waals surface area (Å²) in [5, 5.41) is 11.9. The molecule has 0 bridgehead atoms. The van der Waals surface area contributed by atoms with Gasteiger partial charge < -0.3 is 15.0 Å². The van der Waals surface area contributed by atoms with Crippen LogP contribution >= 0.6 is 0 Å². The third kappa shape index (κ3) is 4.13. The second kappa shape index (κ2) is 9.03. The van der Waals surface area contributed by atoms with Gasteiger partial charge in [0.15, 0.2) is 6.10 Å². The second-order valence-electron chi connectivity index (χ2n) is 8.80. The van der Waals surface area contributed by atoms with E-state index in [2.05, 4.69) is 23.5 Å². The average Bonchev–Trinajstić information content (AvgIpc) is 2.99. The van der Waals surface area contributed by atoms with Crippen molar-refractivity contribution >= 4 is 17.5 Å². The number of nitrogens with one attached hydrogen (secondary N) is 1. The van der Waals surface area contributed by atoms with Gasteiger partial charge in [-0.15, -0.1) is 0 Å². The first-order chi connectivity index (χ1) is 16.5. The van der Waals surface area contributed by atoms with Gasteiger partial charge >= 0.3 is 0 Å². The number of rotatable bonds is 3. The van der Waals surface area contributed by atoms with Crippen molar-refractivity contribution in [2.24, 2.45) is 0 Å². The number of hydrogen-bond donors (Lipinski definition) is 1. The molecule has 2 unspecified atom stereocenters. The molecule has 1 aliphatic carbocycles. The first-order valence-corrected chi connectivity index (χ1v) is 11.5. The smallest absolute Gasteiger partial charge is 0.264 e. The highest BCUT2D eigenvalue weighted by atomic mass is 16.5. The molecule has 1 N–H and O–H groups in total. The van der Waals surface area contributed by atoms with Crippen molar-refractivity contribution in [3.63, 3.8) is 0 Å². The van der Waals surface area contributed by atoms with E-state index >= 15 is 0 Å². The molecule has 34 heavy (non-hydrogen) atoms. The van der Waals surface area contributed by atoms with Crippen LogP contribution in [0.25, 0.3) is 0 Å². The van der Waals surface area contributed by atoms with Gasteiger partial charge in [0.05, 0.1) is 24.2 Å². The van der Waals surface area contributed by atoms with Gasteiger partial charge in [-0.2, -0.15) is 5.26 Å². The van der Waals surface area contributed by atoms with E-state index in [0.29, 0.717) is 29.1 Å². The van der Waals surface area contributed by atoms with Gasteiger partial charge in [-0.05, 0) is 79.8 Å². The van der Waals surface area contributed by atoms with Crippen LogP contribution in [0.1, 0.15) is 58.4 Å². The fourth-order valence-electron chi connectivity index (χ4n) is 4.85. The van der Waals surface area contributed by atoms with Crippen molar-refractivity contribution in [1.29, 1.82) is 5.26 Å². The van der Waals surface area contributed by atoms with Crippen LogP contribution in [-0.2, 0) is 17.8 Å². The monoisotopic (exact) mass is 451 g/mol. The van der Waals surface area contributed by atoms with E-state index in [0.717, 1.165) is 24.8 Å². The predicted molar refractivity (Wildman–Crippen MR) is 128 cm³/mol. The molecule has 2 atom stereocenters. The zero-order valence-corrected chi connectivity index (χ0v) is 19.0. The quantitative estimate of drug-likeness (QED) is 0.608. The zero-order chi connectivity index (χ0) is 23.7. The maximum Gasteiger partial charge on any atom is 0.264 e. The molecule has 0 spiro atoms. The van der Waals surface area contributed by atoms with E-state index in [4.69, 9.17) is 10.00 Å². The number of aryl methyl sites for hydroxylation is 1. The van der Waals surface area contributed by atoms with E-state index in [1.165, 1.54) is 11.1 Å². The fourth-order valence-corrected chi connectivity index (χ4v) is 4.85. The molecule has 0 aromatic heterocycles. The minimum atomic E-state index is -0.588. The number of carbonyl (C=O) groups excluding carboxylic acids is 2. The van der Waals surface area contributed by atoms with E-state index < -0.39 is 6.10 Å². The Morgan fingerprint density at radius 1 is 1.09 bits per heavy atom. The van der Waals surface area contributed by atoms with Crippen LogP contribution < -0.4 is 10.1 Å². The van der Waals surface area contributed by atoms with Crippen molar-refractivity contribution in [1.82, 2.24) is 4.90 Å². The van der Waals surface area contributed by atoms with E-state index in [1.54, 1.807) is 37.3 Å². The van der Waals surface area contributed by atoms with Gasteiger partial charge in [0.2, 0.25) is 0 Å². The van der Waals surface area contributed by atoms with Gasteiger partial charge in [0.1, 0.15) is 5.75 Å². The van der Waals surface area contributed by atoms with Gasteiger partial charge in [0.25, 0.3) is 11.8 Å². The molecule has 2 amide bonds. The fraction of sp³-hybridized carbons (Fsp3) is 0.250. The Balaban J connectivity index is 1.42. The van der Waals surface area contributed by atoms with Gasteiger partial charge in [-0.3, -0.25) is 9.59 Å². The Morgan fingerprint density at radius 2 is 1.88 bits per heavy atom. The van der Waals surface area contributed by atoms with Crippen LogP contribution in [0.15, 0.2) is 66.7 Å². The van der Waals surface area contributed by atoms with Gasteiger partial charge in [0, 0.05) is 16.8 Å². The predicted octanol–water partition coefficient (Wildman–Crippen LogP) is 5.00. The normalized spacial score (nSPS) is 19.2. The van der Waals surface area contributed by atoms with Crippen molar-refractivity contribution in [2.75, 3.05) is 5.32 Å². The van der Waals surface area contributed by atoms with Crippen LogP contribution in [0.3, 0.4) is 0 Å². The number of carbonyl (C=O) groups is 2. The van der Waals surface area contributed by atoms with Gasteiger partial charge in [-0.1, -0.05) is 24.3 Å². The summed E-state index contributed by atoms with van der Waals surface area (Å²) in [5.74, 6) is 0.367. The topological polar surface area (TPSA) is 82.4 Å². The third-order valence-electron chi connectivity index (χ3n) is 6.58. The zero-order valence-electron chi connectivity index (χ0n) is 19.0. The minimum absolute atomic E-state index is 0.00588. The number of benzene rings is 3. The lowest BCUT2D eigenvalue weighted by Gasteiger charge is -2.35. The molecular formula is C28H25N3O3. The molecule has 0 saturated carbocycles. The molecule has 1 aliphatic heterocycles. The summed E-state index contributed by atoms with van der Waals surface area (Å²) in [7, 11) is 0. The molecule has 2 aliphatic rings. The highest BCUT2D eigenvalue weighted by molar-refractivity contribution is 6.04. The van der Waals surface area contributed by atoms with Crippen molar-refractivity contribution in [3.05, 3.63) is 94.5 Å². The van der Waals surface area contributed by atoms with Crippen LogP contribution in [0.2, 0.25) is 0 Å². The summed E-state index contributed by atoms with van der Waals surface area (Å²) in [6.07, 6.45) is 2.39. The molecule has 0 radical (unpaired) electrons. The van der Waals surface area contributed by atoms with Crippen molar-refractivity contribution in [3.8, 4) is 11.8 Å². The molecule has 0 saturated heterocycles. The Hall–Kier alpha value is -4.11. The number of fused-ring (bicyclic) bond motifs is 2. The van der Waals surface area contributed by atoms with E-state index in [9.17, 15) is 9.59 Å². The third-order valence-corrected chi connectivity index (χ3v) is 6.58. The Bertz CT molecular complexity index is 1290. The molecule has 6 heteroatoms. The standard InChI is InChI=1S/C28H25N3O3/c1-18-28(33)31(25-8-4-6-20-5-2-3-7-24(20)25)17-22-15-23(13-14-26(22)34-18)30-27(32)21-11-9-19(16-29)10-12-21/h2-3,5,7,9-15,18,25H,4,6,8,17H2,1H3,(H,30,32). The highest BCUT2D eigenvalue weighted by Gasteiger charge is 2.35. The SMILES string of the molecule is CC1Oc2ccc(NC(=O)c3ccc(C#N)cc3)cc2CN(C2CCCc3ccccc32)C1=O. The largest absolute Gasteiger partial charge is 0.481 e. The number of anilines is 1. The number of amides is 2. The summed E-state index contributed by atoms with van der Waals surface area (Å²) < 4.78 is 6.01. The summed E-state index contributed by atoms with van der Waals surface area (Å²) >= 11 is 0. The lowest BCUT2D eigenvalue weighted by Crippen LogP contribution is -2.41. The van der Waals surface area contributed by atoms with Crippen LogP contribution in [0.5, 0.6) is 5.75 Å². The van der Waals surface area contributed by atoms with E-state index in [-0.39, 0.29) is 17.9 Å². The molecule has 5 rings (SSSR count). The van der Waals surface area contributed by atoms with Crippen LogP contribution in [-0.4, -0.2) is 22.8 Å².